The highest BCUT2D eigenvalue weighted by Crippen LogP contribution is 2.39. The van der Waals surface area contributed by atoms with Gasteiger partial charge >= 0.3 is 6.03 Å². The maximum Gasteiger partial charge on any atom is 0.322 e. The number of hydrogen-bond donors (Lipinski definition) is 1. The summed E-state index contributed by atoms with van der Waals surface area (Å²) >= 11 is 0. The Hall–Kier alpha value is -2.89. The van der Waals surface area contributed by atoms with Crippen LogP contribution in [0.15, 0.2) is 36.4 Å². The molecular weight excluding hydrogens is 344 g/mol. The summed E-state index contributed by atoms with van der Waals surface area (Å²) < 4.78 is 16.4. The lowest BCUT2D eigenvalue weighted by atomic mass is 10.0. The minimum absolute atomic E-state index is 0.0105. The van der Waals surface area contributed by atoms with E-state index in [-0.39, 0.29) is 12.1 Å². The van der Waals surface area contributed by atoms with Crippen molar-refractivity contribution < 1.29 is 19.0 Å². The van der Waals surface area contributed by atoms with Crippen LogP contribution in [0.2, 0.25) is 0 Å². The standard InChI is InChI=1S/C21H24N2O4/c1-25-16-6-7-17(20(13-16)26-2)18-4-3-10-23(18)21(24)22-15-5-8-19-14(12-15)9-11-27-19/h5-8,12-13,18H,3-4,9-11H2,1-2H3,(H,22,24). The van der Waals surface area contributed by atoms with E-state index in [1.54, 1.807) is 14.2 Å². The molecule has 0 saturated carbocycles. The molecule has 1 saturated heterocycles. The summed E-state index contributed by atoms with van der Waals surface area (Å²) in [5, 5.41) is 3.04. The Morgan fingerprint density at radius 1 is 1.19 bits per heavy atom. The van der Waals surface area contributed by atoms with Gasteiger partial charge in [0.15, 0.2) is 0 Å². The highest BCUT2D eigenvalue weighted by Gasteiger charge is 2.32. The lowest BCUT2D eigenvalue weighted by Gasteiger charge is -2.27. The maximum absolute atomic E-state index is 12.9. The Labute approximate surface area is 159 Å². The molecule has 1 N–H and O–H groups in total. The third-order valence-electron chi connectivity index (χ3n) is 5.25. The molecule has 1 fully saturated rings. The second kappa shape index (κ2) is 7.39. The number of carbonyl (C=O) groups is 1. The molecule has 6 nitrogen and oxygen atoms in total. The number of anilines is 1. The summed E-state index contributed by atoms with van der Waals surface area (Å²) in [6.07, 6.45) is 2.76. The molecule has 0 aliphatic carbocycles. The van der Waals surface area contributed by atoms with Gasteiger partial charge in [0.05, 0.1) is 26.9 Å². The first-order valence-electron chi connectivity index (χ1n) is 9.25. The number of hydrogen-bond acceptors (Lipinski definition) is 4. The van der Waals surface area contributed by atoms with E-state index in [2.05, 4.69) is 5.32 Å². The van der Waals surface area contributed by atoms with E-state index >= 15 is 0 Å². The first kappa shape index (κ1) is 17.5. The van der Waals surface area contributed by atoms with Gasteiger partial charge in [-0.3, -0.25) is 0 Å². The van der Waals surface area contributed by atoms with Gasteiger partial charge in [0.2, 0.25) is 0 Å². The fourth-order valence-corrected chi connectivity index (χ4v) is 3.89. The van der Waals surface area contributed by atoms with Gasteiger partial charge < -0.3 is 24.4 Å². The summed E-state index contributed by atoms with van der Waals surface area (Å²) in [5.74, 6) is 2.40. The molecule has 0 radical (unpaired) electrons. The highest BCUT2D eigenvalue weighted by atomic mass is 16.5. The molecule has 6 heteroatoms. The number of urea groups is 1. The fraction of sp³-hybridized carbons (Fsp3) is 0.381. The van der Waals surface area contributed by atoms with E-state index in [4.69, 9.17) is 14.2 Å². The van der Waals surface area contributed by atoms with Crippen molar-refractivity contribution in [2.45, 2.75) is 25.3 Å². The molecule has 2 aliphatic rings. The van der Waals surface area contributed by atoms with Gasteiger partial charge in [0, 0.05) is 30.3 Å². The Kier molecular flexibility index (Phi) is 4.79. The number of likely N-dealkylation sites (tertiary alicyclic amines) is 1. The number of benzene rings is 2. The molecule has 2 aromatic rings. The van der Waals surface area contributed by atoms with Crippen molar-refractivity contribution in [2.75, 3.05) is 32.7 Å². The fourth-order valence-electron chi connectivity index (χ4n) is 3.89. The Morgan fingerprint density at radius 3 is 2.89 bits per heavy atom. The van der Waals surface area contributed by atoms with Crippen molar-refractivity contribution >= 4 is 11.7 Å². The molecule has 0 bridgehead atoms. The lowest BCUT2D eigenvalue weighted by Crippen LogP contribution is -2.34. The summed E-state index contributed by atoms with van der Waals surface area (Å²) in [4.78, 5) is 14.8. The zero-order valence-corrected chi connectivity index (χ0v) is 15.7. The Balaban J connectivity index is 1.53. The van der Waals surface area contributed by atoms with Crippen molar-refractivity contribution in [1.82, 2.24) is 4.90 Å². The molecule has 0 spiro atoms. The van der Waals surface area contributed by atoms with Crippen LogP contribution in [-0.4, -0.2) is 38.3 Å². The van der Waals surface area contributed by atoms with E-state index in [1.807, 2.05) is 41.3 Å². The van der Waals surface area contributed by atoms with Crippen LogP contribution in [0.1, 0.15) is 30.0 Å². The molecule has 2 amide bonds. The number of carbonyl (C=O) groups excluding carboxylic acids is 1. The van der Waals surface area contributed by atoms with Crippen LogP contribution in [0, 0.1) is 0 Å². The van der Waals surface area contributed by atoms with Gasteiger partial charge in [-0.1, -0.05) is 0 Å². The predicted molar refractivity (Wildman–Crippen MR) is 103 cm³/mol. The van der Waals surface area contributed by atoms with Crippen molar-refractivity contribution in [2.24, 2.45) is 0 Å². The third kappa shape index (κ3) is 3.39. The van der Waals surface area contributed by atoms with Gasteiger partial charge in [-0.25, -0.2) is 4.79 Å². The van der Waals surface area contributed by atoms with Crippen molar-refractivity contribution in [3.05, 3.63) is 47.5 Å². The van der Waals surface area contributed by atoms with Crippen LogP contribution < -0.4 is 19.5 Å². The van der Waals surface area contributed by atoms with Gasteiger partial charge in [-0.2, -0.15) is 0 Å². The average Bonchev–Trinajstić information content (AvgIpc) is 3.36. The first-order valence-corrected chi connectivity index (χ1v) is 9.25. The quantitative estimate of drug-likeness (QED) is 0.886. The summed E-state index contributed by atoms with van der Waals surface area (Å²) in [5.41, 5.74) is 2.95. The van der Waals surface area contributed by atoms with Gasteiger partial charge in [-0.05, 0) is 48.7 Å². The number of amides is 2. The Bertz CT molecular complexity index is 852. The van der Waals surface area contributed by atoms with Crippen LogP contribution >= 0.6 is 0 Å². The molecule has 1 atom stereocenters. The number of methoxy groups -OCH3 is 2. The zero-order chi connectivity index (χ0) is 18.8. The molecule has 2 heterocycles. The molecule has 0 aromatic heterocycles. The van der Waals surface area contributed by atoms with Crippen molar-refractivity contribution in [3.8, 4) is 17.2 Å². The predicted octanol–water partition coefficient (Wildman–Crippen LogP) is 4.01. The van der Waals surface area contributed by atoms with Crippen LogP contribution in [0.5, 0.6) is 17.2 Å². The number of rotatable bonds is 4. The molecule has 27 heavy (non-hydrogen) atoms. The third-order valence-corrected chi connectivity index (χ3v) is 5.25. The monoisotopic (exact) mass is 368 g/mol. The zero-order valence-electron chi connectivity index (χ0n) is 15.7. The summed E-state index contributed by atoms with van der Waals surface area (Å²) in [7, 11) is 3.27. The minimum atomic E-state index is -0.0887. The SMILES string of the molecule is COc1ccc(C2CCCN2C(=O)Nc2ccc3c(c2)CCO3)c(OC)c1. The van der Waals surface area contributed by atoms with Gasteiger partial charge in [0.1, 0.15) is 17.2 Å². The first-order chi connectivity index (χ1) is 13.2. The summed E-state index contributed by atoms with van der Waals surface area (Å²) in [6.45, 7) is 1.43. The minimum Gasteiger partial charge on any atom is -0.497 e. The molecular formula is C21H24N2O4. The molecule has 2 aliphatic heterocycles. The highest BCUT2D eigenvalue weighted by molar-refractivity contribution is 5.90. The smallest absolute Gasteiger partial charge is 0.322 e. The van der Waals surface area contributed by atoms with Crippen LogP contribution in [-0.2, 0) is 6.42 Å². The molecule has 4 rings (SSSR count). The van der Waals surface area contributed by atoms with Crippen molar-refractivity contribution in [1.29, 1.82) is 0 Å². The Morgan fingerprint density at radius 2 is 2.07 bits per heavy atom. The largest absolute Gasteiger partial charge is 0.497 e. The van der Waals surface area contributed by atoms with Gasteiger partial charge in [-0.15, -0.1) is 0 Å². The summed E-state index contributed by atoms with van der Waals surface area (Å²) in [6, 6.07) is 11.5. The number of ether oxygens (including phenoxy) is 3. The average molecular weight is 368 g/mol. The van der Waals surface area contributed by atoms with E-state index in [1.165, 1.54) is 0 Å². The van der Waals surface area contributed by atoms with Crippen LogP contribution in [0.4, 0.5) is 10.5 Å². The molecule has 2 aromatic carbocycles. The van der Waals surface area contributed by atoms with Crippen molar-refractivity contribution in [3.63, 3.8) is 0 Å². The molecule has 1 unspecified atom stereocenters. The van der Waals surface area contributed by atoms with E-state index in [0.29, 0.717) is 6.61 Å². The lowest BCUT2D eigenvalue weighted by molar-refractivity contribution is 0.206. The normalized spacial score (nSPS) is 18.0. The van der Waals surface area contributed by atoms with Gasteiger partial charge in [0.25, 0.3) is 0 Å². The van der Waals surface area contributed by atoms with E-state index < -0.39 is 0 Å². The number of nitrogens with one attached hydrogen (secondary N) is 1. The number of fused-ring (bicyclic) bond motifs is 1. The second-order valence-electron chi connectivity index (χ2n) is 6.81. The topological polar surface area (TPSA) is 60.0 Å². The van der Waals surface area contributed by atoms with Crippen LogP contribution in [0.3, 0.4) is 0 Å². The second-order valence-corrected chi connectivity index (χ2v) is 6.81. The maximum atomic E-state index is 12.9. The number of nitrogens with zero attached hydrogens (tertiary/aromatic N) is 1. The van der Waals surface area contributed by atoms with Crippen LogP contribution in [0.25, 0.3) is 0 Å². The van der Waals surface area contributed by atoms with E-state index in [9.17, 15) is 4.79 Å². The van der Waals surface area contributed by atoms with E-state index in [0.717, 1.165) is 59.9 Å². The molecule has 142 valence electrons.